The third-order valence-corrected chi connectivity index (χ3v) is 4.87. The molecule has 0 radical (unpaired) electrons. The number of anilines is 3. The molecule has 3 aromatic carbocycles. The molecule has 4 aromatic rings. The number of ether oxygens (including phenoxy) is 2. The van der Waals surface area contributed by atoms with E-state index in [1.54, 1.807) is 67.8 Å². The number of hydrogen-bond donors (Lipinski definition) is 2. The van der Waals surface area contributed by atoms with Gasteiger partial charge in [-0.05, 0) is 60.7 Å². The summed E-state index contributed by atoms with van der Waals surface area (Å²) < 4.78 is 23.6. The smallest absolute Gasteiger partial charge is 0.255 e. The van der Waals surface area contributed by atoms with E-state index in [0.29, 0.717) is 34.3 Å². The van der Waals surface area contributed by atoms with Gasteiger partial charge in [-0.15, -0.1) is 0 Å². The lowest BCUT2D eigenvalue weighted by Gasteiger charge is -2.11. The van der Waals surface area contributed by atoms with Gasteiger partial charge >= 0.3 is 0 Å². The van der Waals surface area contributed by atoms with E-state index in [-0.39, 0.29) is 11.7 Å². The summed E-state index contributed by atoms with van der Waals surface area (Å²) >= 11 is 0. The summed E-state index contributed by atoms with van der Waals surface area (Å²) in [6.45, 7) is 0. The number of carbonyl (C=O) groups excluding carboxylic acids is 1. The van der Waals surface area contributed by atoms with E-state index >= 15 is 0 Å². The predicted octanol–water partition coefficient (Wildman–Crippen LogP) is 5.30. The Hall–Kier alpha value is -4.46. The zero-order chi connectivity index (χ0) is 23.2. The summed E-state index contributed by atoms with van der Waals surface area (Å²) in [4.78, 5) is 21.1. The van der Waals surface area contributed by atoms with Crippen molar-refractivity contribution in [2.75, 3.05) is 24.9 Å². The molecule has 166 valence electrons. The van der Waals surface area contributed by atoms with E-state index in [1.165, 1.54) is 25.6 Å². The molecular weight excluding hydrogens is 423 g/mol. The summed E-state index contributed by atoms with van der Waals surface area (Å²) in [5.74, 6) is 1.13. The monoisotopic (exact) mass is 444 g/mol. The van der Waals surface area contributed by atoms with Crippen molar-refractivity contribution in [1.29, 1.82) is 0 Å². The Morgan fingerprint density at radius 1 is 0.818 bits per heavy atom. The lowest BCUT2D eigenvalue weighted by atomic mass is 10.1. The van der Waals surface area contributed by atoms with Crippen LogP contribution in [0, 0.1) is 5.82 Å². The molecule has 4 rings (SSSR count). The van der Waals surface area contributed by atoms with E-state index in [0.717, 1.165) is 11.3 Å². The Labute approximate surface area is 190 Å². The molecule has 0 bridgehead atoms. The van der Waals surface area contributed by atoms with Gasteiger partial charge in [0.05, 0.1) is 19.9 Å². The molecule has 7 nitrogen and oxygen atoms in total. The fourth-order valence-electron chi connectivity index (χ4n) is 3.17. The highest BCUT2D eigenvalue weighted by Gasteiger charge is 2.10. The zero-order valence-corrected chi connectivity index (χ0v) is 18.0. The van der Waals surface area contributed by atoms with Gasteiger partial charge in [0, 0.05) is 34.6 Å². The Balaban J connectivity index is 1.44. The molecule has 1 aromatic heterocycles. The number of nitrogens with one attached hydrogen (secondary N) is 2. The molecule has 0 saturated carbocycles. The third kappa shape index (κ3) is 5.24. The average Bonchev–Trinajstić information content (AvgIpc) is 2.85. The Morgan fingerprint density at radius 3 is 2.21 bits per heavy atom. The maximum Gasteiger partial charge on any atom is 0.255 e. The van der Waals surface area contributed by atoms with Gasteiger partial charge in [0.25, 0.3) is 5.91 Å². The first-order valence-electron chi connectivity index (χ1n) is 10.0. The molecule has 1 amide bonds. The minimum absolute atomic E-state index is 0.255. The van der Waals surface area contributed by atoms with Crippen LogP contribution < -0.4 is 20.1 Å². The SMILES string of the molecule is COc1ccc(NC(=O)c2ccc(Nc3cc(-c4ccc(F)cc4)ncn3)cc2)cc1OC. The fraction of sp³-hybridized carbons (Fsp3) is 0.0800. The van der Waals surface area contributed by atoms with Gasteiger partial charge in [-0.1, -0.05) is 0 Å². The number of methoxy groups -OCH3 is 2. The van der Waals surface area contributed by atoms with Gasteiger partial charge in [-0.25, -0.2) is 14.4 Å². The van der Waals surface area contributed by atoms with Gasteiger partial charge in [0.2, 0.25) is 0 Å². The van der Waals surface area contributed by atoms with E-state index in [1.807, 2.05) is 0 Å². The lowest BCUT2D eigenvalue weighted by molar-refractivity contribution is 0.102. The molecule has 33 heavy (non-hydrogen) atoms. The van der Waals surface area contributed by atoms with E-state index in [2.05, 4.69) is 20.6 Å². The quantitative estimate of drug-likeness (QED) is 0.403. The molecule has 0 spiro atoms. The van der Waals surface area contributed by atoms with E-state index < -0.39 is 0 Å². The largest absolute Gasteiger partial charge is 0.493 e. The molecular formula is C25H21FN4O3. The van der Waals surface area contributed by atoms with E-state index in [4.69, 9.17) is 9.47 Å². The van der Waals surface area contributed by atoms with Crippen LogP contribution in [0.1, 0.15) is 10.4 Å². The molecule has 8 heteroatoms. The topological polar surface area (TPSA) is 85.4 Å². The second-order valence-corrected chi connectivity index (χ2v) is 7.02. The van der Waals surface area contributed by atoms with Crippen molar-refractivity contribution in [2.45, 2.75) is 0 Å². The normalized spacial score (nSPS) is 10.4. The number of amides is 1. The standard InChI is InChI=1S/C25H21FN4O3/c1-32-22-12-11-20(13-23(22)33-2)30-25(31)17-5-9-19(10-6-17)29-24-14-21(27-15-28-24)16-3-7-18(26)8-4-16/h3-15H,1-2H3,(H,30,31)(H,27,28,29). The van der Waals surface area contributed by atoms with Crippen molar-refractivity contribution in [3.05, 3.63) is 90.5 Å². The molecule has 0 unspecified atom stereocenters. The summed E-state index contributed by atoms with van der Waals surface area (Å²) in [5.41, 5.74) is 3.28. The van der Waals surface area contributed by atoms with Crippen LogP contribution in [-0.4, -0.2) is 30.1 Å². The fourth-order valence-corrected chi connectivity index (χ4v) is 3.17. The first-order valence-corrected chi connectivity index (χ1v) is 10.0. The van der Waals surface area contributed by atoms with E-state index in [9.17, 15) is 9.18 Å². The summed E-state index contributed by atoms with van der Waals surface area (Å²) in [6, 6.07) is 20.0. The summed E-state index contributed by atoms with van der Waals surface area (Å²) in [7, 11) is 3.09. The lowest BCUT2D eigenvalue weighted by Crippen LogP contribution is -2.12. The highest BCUT2D eigenvalue weighted by Crippen LogP contribution is 2.30. The van der Waals surface area contributed by atoms with Crippen LogP contribution >= 0.6 is 0 Å². The number of hydrogen-bond acceptors (Lipinski definition) is 6. The molecule has 0 aliphatic heterocycles. The van der Waals surface area contributed by atoms with Crippen molar-refractivity contribution in [3.8, 4) is 22.8 Å². The first kappa shape index (κ1) is 21.8. The third-order valence-electron chi connectivity index (χ3n) is 4.87. The van der Waals surface area contributed by atoms with Crippen molar-refractivity contribution >= 4 is 23.1 Å². The Bertz CT molecular complexity index is 1260. The minimum Gasteiger partial charge on any atom is -0.493 e. The number of benzene rings is 3. The van der Waals surface area contributed by atoms with Crippen LogP contribution in [0.25, 0.3) is 11.3 Å². The van der Waals surface area contributed by atoms with Gasteiger partial charge in [0.1, 0.15) is 18.0 Å². The van der Waals surface area contributed by atoms with Crippen LogP contribution in [0.3, 0.4) is 0 Å². The Kier molecular flexibility index (Phi) is 6.45. The molecule has 0 aliphatic carbocycles. The van der Waals surface area contributed by atoms with Gasteiger partial charge in [-0.2, -0.15) is 0 Å². The van der Waals surface area contributed by atoms with Crippen LogP contribution in [0.5, 0.6) is 11.5 Å². The molecule has 0 fully saturated rings. The minimum atomic E-state index is -0.304. The maximum absolute atomic E-state index is 13.2. The summed E-state index contributed by atoms with van der Waals surface area (Å²) in [6.07, 6.45) is 1.44. The number of rotatable bonds is 7. The number of nitrogens with zero attached hydrogens (tertiary/aromatic N) is 2. The molecule has 0 atom stereocenters. The van der Waals surface area contributed by atoms with Crippen molar-refractivity contribution in [1.82, 2.24) is 9.97 Å². The predicted molar refractivity (Wildman–Crippen MR) is 125 cm³/mol. The first-order chi connectivity index (χ1) is 16.1. The molecule has 1 heterocycles. The van der Waals surface area contributed by atoms with Crippen LogP contribution in [0.2, 0.25) is 0 Å². The van der Waals surface area contributed by atoms with Gasteiger partial charge in [-0.3, -0.25) is 4.79 Å². The molecule has 0 aliphatic rings. The highest BCUT2D eigenvalue weighted by atomic mass is 19.1. The van der Waals surface area contributed by atoms with Crippen molar-refractivity contribution < 1.29 is 18.7 Å². The van der Waals surface area contributed by atoms with Crippen LogP contribution in [-0.2, 0) is 0 Å². The maximum atomic E-state index is 13.2. The average molecular weight is 444 g/mol. The highest BCUT2D eigenvalue weighted by molar-refractivity contribution is 6.04. The molecule has 2 N–H and O–H groups in total. The number of carbonyl (C=O) groups is 1. The number of aromatic nitrogens is 2. The Morgan fingerprint density at radius 2 is 1.52 bits per heavy atom. The summed E-state index contributed by atoms with van der Waals surface area (Å²) in [5, 5.41) is 6.02. The van der Waals surface area contributed by atoms with Crippen molar-refractivity contribution in [3.63, 3.8) is 0 Å². The van der Waals surface area contributed by atoms with Gasteiger partial charge in [0.15, 0.2) is 11.5 Å². The number of halogens is 1. The molecule has 0 saturated heterocycles. The van der Waals surface area contributed by atoms with Crippen LogP contribution in [0.4, 0.5) is 21.6 Å². The second kappa shape index (κ2) is 9.78. The van der Waals surface area contributed by atoms with Crippen molar-refractivity contribution in [2.24, 2.45) is 0 Å². The zero-order valence-electron chi connectivity index (χ0n) is 18.0. The second-order valence-electron chi connectivity index (χ2n) is 7.02. The van der Waals surface area contributed by atoms with Gasteiger partial charge < -0.3 is 20.1 Å². The van der Waals surface area contributed by atoms with Crippen LogP contribution in [0.15, 0.2) is 79.1 Å².